The van der Waals surface area contributed by atoms with Gasteiger partial charge in [0.2, 0.25) is 11.0 Å². The summed E-state index contributed by atoms with van der Waals surface area (Å²) in [4.78, 5) is 26.0. The van der Waals surface area contributed by atoms with Gasteiger partial charge >= 0.3 is 5.97 Å². The predicted molar refractivity (Wildman–Crippen MR) is 60.5 cm³/mol. The number of hydrogen-bond donors (Lipinski definition) is 2. The van der Waals surface area contributed by atoms with E-state index >= 15 is 0 Å². The van der Waals surface area contributed by atoms with Crippen LogP contribution in [0.15, 0.2) is 17.8 Å². The number of aromatic nitrogens is 3. The molecular formula is C9H8N4O3S. The highest BCUT2D eigenvalue weighted by molar-refractivity contribution is 7.12. The van der Waals surface area contributed by atoms with Crippen LogP contribution < -0.4 is 5.32 Å². The van der Waals surface area contributed by atoms with Crippen molar-refractivity contribution in [2.45, 2.75) is 6.92 Å². The monoisotopic (exact) mass is 252 g/mol. The van der Waals surface area contributed by atoms with E-state index in [9.17, 15) is 9.59 Å². The quantitative estimate of drug-likeness (QED) is 0.848. The summed E-state index contributed by atoms with van der Waals surface area (Å²) in [5.74, 6) is -1.41. The molecule has 0 radical (unpaired) electrons. The van der Waals surface area contributed by atoms with E-state index in [2.05, 4.69) is 15.4 Å². The molecule has 2 aromatic rings. The lowest BCUT2D eigenvalue weighted by molar-refractivity contribution is -0.114. The van der Waals surface area contributed by atoms with E-state index in [1.807, 2.05) is 0 Å². The SMILES string of the molecule is CC(=O)Nc1c(C(=O)O)cnn1-c1nccs1. The van der Waals surface area contributed by atoms with Gasteiger partial charge in [-0.05, 0) is 0 Å². The first kappa shape index (κ1) is 11.3. The van der Waals surface area contributed by atoms with Gasteiger partial charge in [0.15, 0.2) is 5.82 Å². The van der Waals surface area contributed by atoms with Gasteiger partial charge in [0, 0.05) is 18.5 Å². The second kappa shape index (κ2) is 4.34. The average Bonchev–Trinajstić information content (AvgIpc) is 2.83. The molecule has 0 saturated carbocycles. The number of carboxylic acids is 1. The highest BCUT2D eigenvalue weighted by Crippen LogP contribution is 2.21. The minimum atomic E-state index is -1.16. The molecule has 1 amide bonds. The third kappa shape index (κ3) is 2.16. The fourth-order valence-corrected chi connectivity index (χ4v) is 1.86. The number of carbonyl (C=O) groups is 2. The first-order valence-corrected chi connectivity index (χ1v) is 5.46. The highest BCUT2D eigenvalue weighted by atomic mass is 32.1. The van der Waals surface area contributed by atoms with E-state index in [4.69, 9.17) is 5.11 Å². The maximum absolute atomic E-state index is 11.0. The molecule has 8 heteroatoms. The van der Waals surface area contributed by atoms with Crippen LogP contribution in [0.2, 0.25) is 0 Å². The molecular weight excluding hydrogens is 244 g/mol. The molecule has 7 nitrogen and oxygen atoms in total. The molecule has 88 valence electrons. The van der Waals surface area contributed by atoms with Crippen molar-refractivity contribution in [2.75, 3.05) is 5.32 Å². The van der Waals surface area contributed by atoms with Crippen LogP contribution in [0.4, 0.5) is 5.82 Å². The lowest BCUT2D eigenvalue weighted by Crippen LogP contribution is -2.13. The summed E-state index contributed by atoms with van der Waals surface area (Å²) in [6.07, 6.45) is 2.74. The zero-order valence-corrected chi connectivity index (χ0v) is 9.56. The fraction of sp³-hybridized carbons (Fsp3) is 0.111. The predicted octanol–water partition coefficient (Wildman–Crippen LogP) is 0.985. The van der Waals surface area contributed by atoms with Gasteiger partial charge in [0.25, 0.3) is 0 Å². The van der Waals surface area contributed by atoms with Crippen molar-refractivity contribution in [3.63, 3.8) is 0 Å². The van der Waals surface area contributed by atoms with E-state index in [1.165, 1.54) is 29.1 Å². The Morgan fingerprint density at radius 1 is 1.53 bits per heavy atom. The van der Waals surface area contributed by atoms with Gasteiger partial charge in [-0.3, -0.25) is 4.79 Å². The summed E-state index contributed by atoms with van der Waals surface area (Å²) in [6.45, 7) is 1.30. The molecule has 0 unspecified atom stereocenters. The Morgan fingerprint density at radius 3 is 2.82 bits per heavy atom. The molecule has 0 spiro atoms. The Bertz CT molecular complexity index is 561. The molecule has 0 aliphatic carbocycles. The number of nitrogens with zero attached hydrogens (tertiary/aromatic N) is 3. The van der Waals surface area contributed by atoms with E-state index in [1.54, 1.807) is 11.6 Å². The van der Waals surface area contributed by atoms with Crippen LogP contribution in [0.25, 0.3) is 5.13 Å². The van der Waals surface area contributed by atoms with E-state index in [0.29, 0.717) is 5.13 Å². The van der Waals surface area contributed by atoms with Crippen molar-refractivity contribution in [3.8, 4) is 5.13 Å². The van der Waals surface area contributed by atoms with Gasteiger partial charge in [0.1, 0.15) is 5.56 Å². The van der Waals surface area contributed by atoms with E-state index in [0.717, 1.165) is 0 Å². The van der Waals surface area contributed by atoms with Crippen LogP contribution in [0.5, 0.6) is 0 Å². The van der Waals surface area contributed by atoms with Gasteiger partial charge < -0.3 is 10.4 Å². The highest BCUT2D eigenvalue weighted by Gasteiger charge is 2.19. The number of nitrogens with one attached hydrogen (secondary N) is 1. The summed E-state index contributed by atoms with van der Waals surface area (Å²) >= 11 is 1.29. The standard InChI is InChI=1S/C9H8N4O3S/c1-5(14)12-7-6(8(15)16)4-11-13(7)9-10-2-3-17-9/h2-4H,1H3,(H,12,14)(H,15,16). The normalized spacial score (nSPS) is 10.2. The smallest absolute Gasteiger partial charge is 0.341 e. The Kier molecular flexibility index (Phi) is 2.88. The van der Waals surface area contributed by atoms with Crippen LogP contribution in [0.3, 0.4) is 0 Å². The largest absolute Gasteiger partial charge is 0.477 e. The van der Waals surface area contributed by atoms with Crippen LogP contribution >= 0.6 is 11.3 Å². The lowest BCUT2D eigenvalue weighted by atomic mass is 10.3. The maximum atomic E-state index is 11.0. The van der Waals surface area contributed by atoms with Crippen molar-refractivity contribution >= 4 is 29.0 Å². The fourth-order valence-electron chi connectivity index (χ4n) is 1.26. The number of hydrogen-bond acceptors (Lipinski definition) is 5. The zero-order chi connectivity index (χ0) is 12.4. The van der Waals surface area contributed by atoms with Crippen molar-refractivity contribution < 1.29 is 14.7 Å². The topological polar surface area (TPSA) is 97.1 Å². The van der Waals surface area contributed by atoms with Gasteiger partial charge in [-0.1, -0.05) is 0 Å². The van der Waals surface area contributed by atoms with Crippen molar-refractivity contribution in [2.24, 2.45) is 0 Å². The van der Waals surface area contributed by atoms with E-state index < -0.39 is 5.97 Å². The molecule has 17 heavy (non-hydrogen) atoms. The molecule has 0 saturated heterocycles. The van der Waals surface area contributed by atoms with Crippen LogP contribution in [0, 0.1) is 0 Å². The third-order valence-corrected chi connectivity index (χ3v) is 2.64. The average molecular weight is 252 g/mol. The lowest BCUT2D eigenvalue weighted by Gasteiger charge is -2.05. The minimum Gasteiger partial charge on any atom is -0.477 e. The molecule has 0 aliphatic rings. The Balaban J connectivity index is 2.53. The number of carboxylic acid groups (broad SMARTS) is 1. The van der Waals surface area contributed by atoms with Gasteiger partial charge in [-0.15, -0.1) is 11.3 Å². The first-order valence-electron chi connectivity index (χ1n) is 4.58. The van der Waals surface area contributed by atoms with Crippen LogP contribution in [0.1, 0.15) is 17.3 Å². The Labute approximate surface area is 99.7 Å². The molecule has 0 aliphatic heterocycles. The number of thiazole rings is 1. The van der Waals surface area contributed by atoms with Crippen molar-refractivity contribution in [1.29, 1.82) is 0 Å². The summed E-state index contributed by atoms with van der Waals surface area (Å²) < 4.78 is 1.29. The minimum absolute atomic E-state index is 0.0737. The zero-order valence-electron chi connectivity index (χ0n) is 8.75. The molecule has 0 aromatic carbocycles. The van der Waals surface area contributed by atoms with Gasteiger partial charge in [-0.2, -0.15) is 9.78 Å². The van der Waals surface area contributed by atoms with Gasteiger partial charge in [-0.25, -0.2) is 9.78 Å². The summed E-state index contributed by atoms with van der Waals surface area (Å²) in [6, 6.07) is 0. The molecule has 2 heterocycles. The van der Waals surface area contributed by atoms with E-state index in [-0.39, 0.29) is 17.3 Å². The molecule has 0 atom stereocenters. The number of rotatable bonds is 3. The summed E-state index contributed by atoms with van der Waals surface area (Å²) in [5.41, 5.74) is -0.0737. The number of carbonyl (C=O) groups excluding carboxylic acids is 1. The molecule has 0 fully saturated rings. The number of amides is 1. The molecule has 2 rings (SSSR count). The Morgan fingerprint density at radius 2 is 2.29 bits per heavy atom. The summed E-state index contributed by atoms with van der Waals surface area (Å²) in [5, 5.41) is 17.5. The first-order chi connectivity index (χ1) is 8.09. The maximum Gasteiger partial charge on any atom is 0.341 e. The van der Waals surface area contributed by atoms with Crippen molar-refractivity contribution in [3.05, 3.63) is 23.3 Å². The van der Waals surface area contributed by atoms with Gasteiger partial charge in [0.05, 0.1) is 6.20 Å². The summed E-state index contributed by atoms with van der Waals surface area (Å²) in [7, 11) is 0. The molecule has 0 bridgehead atoms. The molecule has 2 N–H and O–H groups in total. The van der Waals surface area contributed by atoms with Crippen molar-refractivity contribution in [1.82, 2.24) is 14.8 Å². The second-order valence-electron chi connectivity index (χ2n) is 3.12. The number of anilines is 1. The van der Waals surface area contributed by atoms with Crippen LogP contribution in [-0.2, 0) is 4.79 Å². The second-order valence-corrected chi connectivity index (χ2v) is 3.99. The number of aromatic carboxylic acids is 1. The van der Waals surface area contributed by atoms with Crippen LogP contribution in [-0.4, -0.2) is 31.7 Å². The Hall–Kier alpha value is -2.22. The third-order valence-electron chi connectivity index (χ3n) is 1.89. The molecule has 2 aromatic heterocycles.